The van der Waals surface area contributed by atoms with Gasteiger partial charge in [0.05, 0.1) is 11.6 Å². The van der Waals surface area contributed by atoms with Crippen molar-refractivity contribution in [2.75, 3.05) is 6.54 Å². The third-order valence-electron chi connectivity index (χ3n) is 2.73. The van der Waals surface area contributed by atoms with Gasteiger partial charge in [-0.25, -0.2) is 4.39 Å². The fourth-order valence-electron chi connectivity index (χ4n) is 1.66. The van der Waals surface area contributed by atoms with Crippen LogP contribution in [-0.4, -0.2) is 17.4 Å². The Morgan fingerprint density at radius 1 is 1.50 bits per heavy atom. The summed E-state index contributed by atoms with van der Waals surface area (Å²) < 4.78 is 13.7. The molecular formula is C14H17FN2O. The summed E-state index contributed by atoms with van der Waals surface area (Å²) >= 11 is 0. The molecule has 0 atom stereocenters. The minimum atomic E-state index is -0.441. The largest absolute Gasteiger partial charge is 0.338 e. The molecule has 0 radical (unpaired) electrons. The van der Waals surface area contributed by atoms with Gasteiger partial charge in [0.15, 0.2) is 0 Å². The average molecular weight is 248 g/mol. The quantitative estimate of drug-likeness (QED) is 0.822. The van der Waals surface area contributed by atoms with Gasteiger partial charge in [0, 0.05) is 24.6 Å². The standard InChI is InChI=1S/C14H17FN2O/c1-4-17(14(18)10(2)3)9-12-6-5-11(8-16)7-13(12)15/h5-7,10H,4,9H2,1-3H3. The maximum atomic E-state index is 13.7. The Balaban J connectivity index is 2.89. The van der Waals surface area contributed by atoms with Gasteiger partial charge in [0.1, 0.15) is 5.82 Å². The fourth-order valence-corrected chi connectivity index (χ4v) is 1.66. The monoisotopic (exact) mass is 248 g/mol. The smallest absolute Gasteiger partial charge is 0.225 e. The second-order valence-electron chi connectivity index (χ2n) is 4.43. The third-order valence-corrected chi connectivity index (χ3v) is 2.73. The zero-order chi connectivity index (χ0) is 13.7. The molecule has 1 amide bonds. The molecule has 0 heterocycles. The van der Waals surface area contributed by atoms with Gasteiger partial charge in [-0.2, -0.15) is 5.26 Å². The summed E-state index contributed by atoms with van der Waals surface area (Å²) in [6.45, 7) is 6.28. The SMILES string of the molecule is CCN(Cc1ccc(C#N)cc1F)C(=O)C(C)C. The molecule has 0 unspecified atom stereocenters. The number of carbonyl (C=O) groups excluding carboxylic acids is 1. The van der Waals surface area contributed by atoms with Crippen molar-refractivity contribution < 1.29 is 9.18 Å². The van der Waals surface area contributed by atoms with E-state index in [4.69, 9.17) is 5.26 Å². The highest BCUT2D eigenvalue weighted by Crippen LogP contribution is 2.14. The molecule has 3 nitrogen and oxygen atoms in total. The summed E-state index contributed by atoms with van der Waals surface area (Å²) in [5.74, 6) is -0.545. The van der Waals surface area contributed by atoms with E-state index >= 15 is 0 Å². The lowest BCUT2D eigenvalue weighted by molar-refractivity contribution is -0.134. The normalized spacial score (nSPS) is 10.2. The fraction of sp³-hybridized carbons (Fsp3) is 0.429. The van der Waals surface area contributed by atoms with Crippen LogP contribution in [-0.2, 0) is 11.3 Å². The first kappa shape index (κ1) is 14.2. The number of nitriles is 1. The van der Waals surface area contributed by atoms with Crippen molar-refractivity contribution in [3.05, 3.63) is 35.1 Å². The Kier molecular flexibility index (Phi) is 4.85. The van der Waals surface area contributed by atoms with Crippen LogP contribution in [0.15, 0.2) is 18.2 Å². The van der Waals surface area contributed by atoms with Crippen molar-refractivity contribution in [3.63, 3.8) is 0 Å². The molecule has 0 fully saturated rings. The average Bonchev–Trinajstić information content (AvgIpc) is 2.36. The summed E-state index contributed by atoms with van der Waals surface area (Å²) in [6.07, 6.45) is 0. The summed E-state index contributed by atoms with van der Waals surface area (Å²) in [5, 5.41) is 8.66. The van der Waals surface area contributed by atoms with E-state index in [1.165, 1.54) is 6.07 Å². The maximum Gasteiger partial charge on any atom is 0.225 e. The third kappa shape index (κ3) is 3.30. The van der Waals surface area contributed by atoms with E-state index in [0.717, 1.165) is 0 Å². The maximum absolute atomic E-state index is 13.7. The molecule has 1 aromatic carbocycles. The van der Waals surface area contributed by atoms with Crippen molar-refractivity contribution in [2.24, 2.45) is 5.92 Å². The molecule has 4 heteroatoms. The molecule has 18 heavy (non-hydrogen) atoms. The number of benzene rings is 1. The Morgan fingerprint density at radius 2 is 2.17 bits per heavy atom. The van der Waals surface area contributed by atoms with Crippen molar-refractivity contribution >= 4 is 5.91 Å². The van der Waals surface area contributed by atoms with Crippen LogP contribution in [0.1, 0.15) is 31.9 Å². The summed E-state index contributed by atoms with van der Waals surface area (Å²) in [4.78, 5) is 13.5. The van der Waals surface area contributed by atoms with Crippen LogP contribution < -0.4 is 0 Å². The van der Waals surface area contributed by atoms with Crippen molar-refractivity contribution in [1.29, 1.82) is 5.26 Å². The molecule has 0 N–H and O–H groups in total. The number of halogens is 1. The minimum Gasteiger partial charge on any atom is -0.338 e. The zero-order valence-electron chi connectivity index (χ0n) is 10.9. The number of amides is 1. The molecule has 0 bridgehead atoms. The molecule has 0 aliphatic carbocycles. The Labute approximate surface area is 107 Å². The summed E-state index contributed by atoms with van der Waals surface area (Å²) in [7, 11) is 0. The van der Waals surface area contributed by atoms with E-state index in [-0.39, 0.29) is 23.9 Å². The lowest BCUT2D eigenvalue weighted by Gasteiger charge is -2.23. The van der Waals surface area contributed by atoms with Crippen LogP contribution in [0.5, 0.6) is 0 Å². The molecule has 1 aromatic rings. The van der Waals surface area contributed by atoms with Crippen LogP contribution >= 0.6 is 0 Å². The second-order valence-corrected chi connectivity index (χ2v) is 4.43. The van der Waals surface area contributed by atoms with Crippen molar-refractivity contribution in [3.8, 4) is 6.07 Å². The predicted octanol–water partition coefficient (Wildman–Crippen LogP) is 2.70. The van der Waals surface area contributed by atoms with Crippen molar-refractivity contribution in [2.45, 2.75) is 27.3 Å². The molecule has 0 aliphatic heterocycles. The van der Waals surface area contributed by atoms with E-state index in [1.54, 1.807) is 17.0 Å². The first-order valence-corrected chi connectivity index (χ1v) is 5.96. The zero-order valence-corrected chi connectivity index (χ0v) is 10.9. The highest BCUT2D eigenvalue weighted by atomic mass is 19.1. The molecule has 0 aromatic heterocycles. The van der Waals surface area contributed by atoms with Crippen molar-refractivity contribution in [1.82, 2.24) is 4.90 Å². The Hall–Kier alpha value is -1.89. The first-order chi connectivity index (χ1) is 8.49. The van der Waals surface area contributed by atoms with Gasteiger partial charge >= 0.3 is 0 Å². The molecule has 1 rings (SSSR count). The van der Waals surface area contributed by atoms with Gasteiger partial charge < -0.3 is 4.90 Å². The van der Waals surface area contributed by atoms with Gasteiger partial charge in [-0.1, -0.05) is 19.9 Å². The Bertz CT molecular complexity index is 477. The lowest BCUT2D eigenvalue weighted by atomic mass is 10.1. The number of carbonyl (C=O) groups is 1. The van der Waals surface area contributed by atoms with E-state index in [9.17, 15) is 9.18 Å². The second kappa shape index (κ2) is 6.15. The molecule has 0 aliphatic rings. The highest BCUT2D eigenvalue weighted by molar-refractivity contribution is 5.78. The number of hydrogen-bond donors (Lipinski definition) is 0. The number of rotatable bonds is 4. The van der Waals surface area contributed by atoms with Crippen LogP contribution in [0.4, 0.5) is 4.39 Å². The van der Waals surface area contributed by atoms with Crippen LogP contribution in [0.2, 0.25) is 0 Å². The van der Waals surface area contributed by atoms with Gasteiger partial charge in [-0.05, 0) is 19.1 Å². The van der Waals surface area contributed by atoms with Gasteiger partial charge in [0.2, 0.25) is 5.91 Å². The number of hydrogen-bond acceptors (Lipinski definition) is 2. The van der Waals surface area contributed by atoms with E-state index < -0.39 is 5.82 Å². The Morgan fingerprint density at radius 3 is 2.61 bits per heavy atom. The minimum absolute atomic E-state index is 0.00117. The summed E-state index contributed by atoms with van der Waals surface area (Å²) in [5.41, 5.74) is 0.722. The predicted molar refractivity (Wildman–Crippen MR) is 67.0 cm³/mol. The molecule has 0 saturated heterocycles. The number of nitrogens with zero attached hydrogens (tertiary/aromatic N) is 2. The highest BCUT2D eigenvalue weighted by Gasteiger charge is 2.17. The first-order valence-electron chi connectivity index (χ1n) is 5.96. The topological polar surface area (TPSA) is 44.1 Å². The summed E-state index contributed by atoms with van der Waals surface area (Å²) in [6, 6.07) is 6.20. The van der Waals surface area contributed by atoms with E-state index in [2.05, 4.69) is 0 Å². The van der Waals surface area contributed by atoms with Gasteiger partial charge in [0.25, 0.3) is 0 Å². The van der Waals surface area contributed by atoms with Gasteiger partial charge in [-0.15, -0.1) is 0 Å². The van der Waals surface area contributed by atoms with Crippen LogP contribution in [0, 0.1) is 23.1 Å². The lowest BCUT2D eigenvalue weighted by Crippen LogP contribution is -2.33. The van der Waals surface area contributed by atoms with E-state index in [1.807, 2.05) is 26.8 Å². The van der Waals surface area contributed by atoms with Gasteiger partial charge in [-0.3, -0.25) is 4.79 Å². The molecule has 0 saturated carbocycles. The molecule has 96 valence electrons. The van der Waals surface area contributed by atoms with Crippen LogP contribution in [0.3, 0.4) is 0 Å². The molecular weight excluding hydrogens is 231 g/mol. The van der Waals surface area contributed by atoms with E-state index in [0.29, 0.717) is 12.1 Å². The molecule has 0 spiro atoms. The van der Waals surface area contributed by atoms with Crippen LogP contribution in [0.25, 0.3) is 0 Å².